The quantitative estimate of drug-likeness (QED) is 0.651. The van der Waals surface area contributed by atoms with Gasteiger partial charge in [0, 0.05) is 16.6 Å². The second-order valence-electron chi connectivity index (χ2n) is 5.10. The molecule has 1 heterocycles. The molecule has 0 spiro atoms. The Labute approximate surface area is 116 Å². The highest BCUT2D eigenvalue weighted by Gasteiger charge is 2.31. The van der Waals surface area contributed by atoms with Crippen LogP contribution in [0.1, 0.15) is 19.4 Å². The third kappa shape index (κ3) is 2.52. The van der Waals surface area contributed by atoms with Crippen LogP contribution in [-0.2, 0) is 4.74 Å². The zero-order valence-corrected chi connectivity index (χ0v) is 12.3. The van der Waals surface area contributed by atoms with Crippen LogP contribution in [0.3, 0.4) is 0 Å². The fourth-order valence-corrected chi connectivity index (χ4v) is 2.79. The molecule has 5 heteroatoms. The Morgan fingerprint density at radius 2 is 2.22 bits per heavy atom. The Balaban J connectivity index is 2.36. The van der Waals surface area contributed by atoms with E-state index in [1.165, 1.54) is 0 Å². The van der Waals surface area contributed by atoms with Gasteiger partial charge in [0.25, 0.3) is 0 Å². The zero-order chi connectivity index (χ0) is 13.3. The molecule has 0 aromatic heterocycles. The van der Waals surface area contributed by atoms with Crippen molar-refractivity contribution >= 4 is 27.5 Å². The van der Waals surface area contributed by atoms with Crippen LogP contribution in [0.4, 0.5) is 5.69 Å². The lowest BCUT2D eigenvalue weighted by atomic mass is 10.0. The van der Waals surface area contributed by atoms with Crippen molar-refractivity contribution in [3.05, 3.63) is 28.2 Å². The number of nitrogens with one attached hydrogen (secondary N) is 1. The van der Waals surface area contributed by atoms with Gasteiger partial charge in [0.05, 0.1) is 24.4 Å². The Morgan fingerprint density at radius 1 is 1.50 bits per heavy atom. The molecule has 1 aliphatic heterocycles. The van der Waals surface area contributed by atoms with Gasteiger partial charge in [-0.3, -0.25) is 5.41 Å². The lowest BCUT2D eigenvalue weighted by molar-refractivity contribution is 0.0643. The molecule has 0 aliphatic carbocycles. The number of hydrogen-bond acceptors (Lipinski definition) is 3. The molecule has 3 N–H and O–H groups in total. The van der Waals surface area contributed by atoms with Crippen LogP contribution in [0.2, 0.25) is 0 Å². The highest BCUT2D eigenvalue weighted by Crippen LogP contribution is 2.33. The van der Waals surface area contributed by atoms with Crippen molar-refractivity contribution in [2.24, 2.45) is 5.73 Å². The molecule has 1 aromatic carbocycles. The number of rotatable bonds is 2. The molecule has 1 saturated heterocycles. The van der Waals surface area contributed by atoms with Gasteiger partial charge in [0.1, 0.15) is 5.84 Å². The van der Waals surface area contributed by atoms with Crippen LogP contribution in [0.25, 0.3) is 0 Å². The fourth-order valence-electron chi connectivity index (χ4n) is 2.20. The van der Waals surface area contributed by atoms with E-state index in [1.807, 2.05) is 18.2 Å². The fraction of sp³-hybridized carbons (Fsp3) is 0.462. The third-order valence-corrected chi connectivity index (χ3v) is 3.83. The topological polar surface area (TPSA) is 62.3 Å². The number of nitrogens with zero attached hydrogens (tertiary/aromatic N) is 1. The molecule has 0 amide bonds. The predicted molar refractivity (Wildman–Crippen MR) is 77.4 cm³/mol. The smallest absolute Gasteiger partial charge is 0.122 e. The van der Waals surface area contributed by atoms with Gasteiger partial charge in [0.15, 0.2) is 0 Å². The summed E-state index contributed by atoms with van der Waals surface area (Å²) in [4.78, 5) is 2.32. The maximum atomic E-state index is 7.45. The van der Waals surface area contributed by atoms with E-state index < -0.39 is 0 Å². The second kappa shape index (κ2) is 4.90. The molecule has 0 radical (unpaired) electrons. The molecule has 1 fully saturated rings. The zero-order valence-electron chi connectivity index (χ0n) is 10.7. The summed E-state index contributed by atoms with van der Waals surface area (Å²) in [5.74, 6) is 0.0866. The van der Waals surface area contributed by atoms with Crippen LogP contribution in [0, 0.1) is 5.41 Å². The molecule has 1 aliphatic rings. The lowest BCUT2D eigenvalue weighted by Crippen LogP contribution is -2.53. The molecule has 0 saturated carbocycles. The van der Waals surface area contributed by atoms with E-state index in [9.17, 15) is 0 Å². The Morgan fingerprint density at radius 3 is 2.78 bits per heavy atom. The van der Waals surface area contributed by atoms with Crippen LogP contribution >= 0.6 is 15.9 Å². The number of halogens is 1. The van der Waals surface area contributed by atoms with Crippen molar-refractivity contribution in [3.63, 3.8) is 0 Å². The average Bonchev–Trinajstić information content (AvgIpc) is 2.29. The molecule has 0 bridgehead atoms. The predicted octanol–water partition coefficient (Wildman–Crippen LogP) is 2.35. The molecule has 1 aromatic rings. The first-order valence-corrected chi connectivity index (χ1v) is 6.70. The average molecular weight is 312 g/mol. The molecule has 0 atom stereocenters. The van der Waals surface area contributed by atoms with Crippen LogP contribution in [0.5, 0.6) is 0 Å². The SMILES string of the molecule is CC1(C)COCCN1c1ccc(C(=N)N)cc1Br. The number of anilines is 1. The second-order valence-corrected chi connectivity index (χ2v) is 5.95. The minimum absolute atomic E-state index is 0.0293. The van der Waals surface area contributed by atoms with Gasteiger partial charge in [-0.2, -0.15) is 0 Å². The minimum Gasteiger partial charge on any atom is -0.384 e. The van der Waals surface area contributed by atoms with E-state index in [4.69, 9.17) is 15.9 Å². The van der Waals surface area contributed by atoms with Crippen molar-refractivity contribution in [2.75, 3.05) is 24.7 Å². The highest BCUT2D eigenvalue weighted by atomic mass is 79.9. The number of nitrogens with two attached hydrogens (primary N) is 1. The first kappa shape index (κ1) is 13.4. The number of amidine groups is 1. The van der Waals surface area contributed by atoms with E-state index in [1.54, 1.807) is 0 Å². The Bertz CT molecular complexity index is 473. The summed E-state index contributed by atoms with van der Waals surface area (Å²) < 4.78 is 6.49. The molecule has 18 heavy (non-hydrogen) atoms. The molecule has 2 rings (SSSR count). The van der Waals surface area contributed by atoms with Crippen molar-refractivity contribution in [2.45, 2.75) is 19.4 Å². The van der Waals surface area contributed by atoms with E-state index in [2.05, 4.69) is 34.7 Å². The lowest BCUT2D eigenvalue weighted by Gasteiger charge is -2.44. The molecule has 4 nitrogen and oxygen atoms in total. The van der Waals surface area contributed by atoms with Gasteiger partial charge in [-0.05, 0) is 48.0 Å². The Kier molecular flexibility index (Phi) is 3.64. The van der Waals surface area contributed by atoms with Gasteiger partial charge in [-0.1, -0.05) is 0 Å². The van der Waals surface area contributed by atoms with Crippen molar-refractivity contribution in [1.29, 1.82) is 5.41 Å². The van der Waals surface area contributed by atoms with Gasteiger partial charge in [0.2, 0.25) is 0 Å². The van der Waals surface area contributed by atoms with Gasteiger partial charge in [-0.25, -0.2) is 0 Å². The summed E-state index contributed by atoms with van der Waals surface area (Å²) in [5, 5.41) is 7.45. The minimum atomic E-state index is -0.0293. The number of ether oxygens (including phenoxy) is 1. The maximum Gasteiger partial charge on any atom is 0.122 e. The van der Waals surface area contributed by atoms with Gasteiger partial charge in [-0.15, -0.1) is 0 Å². The summed E-state index contributed by atoms with van der Waals surface area (Å²) in [5.41, 5.74) is 7.32. The molecular formula is C13H18BrN3O. The maximum absolute atomic E-state index is 7.45. The number of benzene rings is 1. The highest BCUT2D eigenvalue weighted by molar-refractivity contribution is 9.10. The molecule has 0 unspecified atom stereocenters. The van der Waals surface area contributed by atoms with Crippen molar-refractivity contribution in [3.8, 4) is 0 Å². The van der Waals surface area contributed by atoms with E-state index in [-0.39, 0.29) is 11.4 Å². The van der Waals surface area contributed by atoms with Crippen LogP contribution in [0.15, 0.2) is 22.7 Å². The summed E-state index contributed by atoms with van der Waals surface area (Å²) in [6, 6.07) is 5.78. The van der Waals surface area contributed by atoms with Gasteiger partial charge < -0.3 is 15.4 Å². The van der Waals surface area contributed by atoms with E-state index >= 15 is 0 Å². The summed E-state index contributed by atoms with van der Waals surface area (Å²) in [6.45, 7) is 6.65. The van der Waals surface area contributed by atoms with E-state index in [0.717, 1.165) is 28.9 Å². The van der Waals surface area contributed by atoms with E-state index in [0.29, 0.717) is 6.61 Å². The normalized spacial score (nSPS) is 18.7. The number of nitrogen functional groups attached to an aromatic ring is 1. The van der Waals surface area contributed by atoms with Crippen LogP contribution in [-0.4, -0.2) is 31.1 Å². The number of morpholine rings is 1. The van der Waals surface area contributed by atoms with Crippen molar-refractivity contribution in [1.82, 2.24) is 0 Å². The third-order valence-electron chi connectivity index (χ3n) is 3.19. The first-order chi connectivity index (χ1) is 8.42. The Hall–Kier alpha value is -1.07. The monoisotopic (exact) mass is 311 g/mol. The van der Waals surface area contributed by atoms with Gasteiger partial charge >= 0.3 is 0 Å². The molecule has 98 valence electrons. The summed E-state index contributed by atoms with van der Waals surface area (Å²) in [7, 11) is 0. The van der Waals surface area contributed by atoms with Crippen LogP contribution < -0.4 is 10.6 Å². The standard InChI is InChI=1S/C13H18BrN3O/c1-13(2)8-18-6-5-17(13)11-4-3-9(12(15)16)7-10(11)14/h3-4,7H,5-6,8H2,1-2H3,(H3,15,16). The number of hydrogen-bond donors (Lipinski definition) is 2. The summed E-state index contributed by atoms with van der Waals surface area (Å²) in [6.07, 6.45) is 0. The first-order valence-electron chi connectivity index (χ1n) is 5.91. The largest absolute Gasteiger partial charge is 0.384 e. The summed E-state index contributed by atoms with van der Waals surface area (Å²) >= 11 is 3.57. The van der Waals surface area contributed by atoms with Crippen molar-refractivity contribution < 1.29 is 4.74 Å². The molecular weight excluding hydrogens is 294 g/mol.